The van der Waals surface area contributed by atoms with E-state index in [1.165, 1.54) is 23.9 Å². The zero-order chi connectivity index (χ0) is 14.0. The SMILES string of the molecule is CSc1cc(-c2ccc(F)c(F)c2)oc(=O)c1C#N. The molecule has 2 aromatic rings. The van der Waals surface area contributed by atoms with Crippen molar-refractivity contribution < 1.29 is 13.2 Å². The Kier molecular flexibility index (Phi) is 3.67. The van der Waals surface area contributed by atoms with Gasteiger partial charge < -0.3 is 4.42 Å². The van der Waals surface area contributed by atoms with Crippen molar-refractivity contribution in [3.05, 3.63) is 51.9 Å². The van der Waals surface area contributed by atoms with Crippen molar-refractivity contribution in [3.63, 3.8) is 0 Å². The van der Waals surface area contributed by atoms with Crippen molar-refractivity contribution in [2.75, 3.05) is 6.26 Å². The molecule has 0 aliphatic rings. The van der Waals surface area contributed by atoms with Crippen LogP contribution in [0.4, 0.5) is 8.78 Å². The topological polar surface area (TPSA) is 54.0 Å². The Hall–Kier alpha value is -2.13. The molecule has 0 radical (unpaired) electrons. The van der Waals surface area contributed by atoms with Crippen LogP contribution in [0.1, 0.15) is 5.56 Å². The van der Waals surface area contributed by atoms with Gasteiger partial charge in [0.2, 0.25) is 0 Å². The van der Waals surface area contributed by atoms with Crippen molar-refractivity contribution in [1.82, 2.24) is 0 Å². The smallest absolute Gasteiger partial charge is 0.355 e. The zero-order valence-corrected chi connectivity index (χ0v) is 10.6. The Morgan fingerprint density at radius 2 is 2.00 bits per heavy atom. The fourth-order valence-electron chi connectivity index (χ4n) is 1.53. The summed E-state index contributed by atoms with van der Waals surface area (Å²) in [7, 11) is 0. The Morgan fingerprint density at radius 3 is 2.58 bits per heavy atom. The first-order chi connectivity index (χ1) is 9.06. The highest BCUT2D eigenvalue weighted by Gasteiger charge is 2.13. The van der Waals surface area contributed by atoms with E-state index in [4.69, 9.17) is 9.68 Å². The molecule has 0 saturated heterocycles. The van der Waals surface area contributed by atoms with Crippen LogP contribution in [0.2, 0.25) is 0 Å². The third-order valence-electron chi connectivity index (χ3n) is 2.45. The van der Waals surface area contributed by atoms with Gasteiger partial charge in [-0.15, -0.1) is 11.8 Å². The van der Waals surface area contributed by atoms with Crippen molar-refractivity contribution in [2.45, 2.75) is 4.90 Å². The fourth-order valence-corrected chi connectivity index (χ4v) is 2.08. The summed E-state index contributed by atoms with van der Waals surface area (Å²) in [6.45, 7) is 0. The summed E-state index contributed by atoms with van der Waals surface area (Å²) in [5.41, 5.74) is -0.663. The van der Waals surface area contributed by atoms with Crippen molar-refractivity contribution in [2.24, 2.45) is 0 Å². The lowest BCUT2D eigenvalue weighted by molar-refractivity contribution is 0.503. The molecule has 96 valence electrons. The minimum atomic E-state index is -1.03. The molecule has 19 heavy (non-hydrogen) atoms. The lowest BCUT2D eigenvalue weighted by Crippen LogP contribution is -2.06. The molecule has 6 heteroatoms. The maximum Gasteiger partial charge on any atom is 0.355 e. The first-order valence-electron chi connectivity index (χ1n) is 5.14. The van der Waals surface area contributed by atoms with Crippen LogP contribution in [-0.2, 0) is 0 Å². The van der Waals surface area contributed by atoms with Crippen molar-refractivity contribution in [3.8, 4) is 17.4 Å². The molecular weight excluding hydrogens is 272 g/mol. The summed E-state index contributed by atoms with van der Waals surface area (Å²) in [6.07, 6.45) is 1.70. The predicted molar refractivity (Wildman–Crippen MR) is 66.8 cm³/mol. The molecular formula is C13H7F2NO2S. The first-order valence-corrected chi connectivity index (χ1v) is 6.37. The first kappa shape index (κ1) is 13.3. The minimum absolute atomic E-state index is 0.0900. The molecule has 0 bridgehead atoms. The molecule has 1 aromatic carbocycles. The Morgan fingerprint density at radius 1 is 1.26 bits per heavy atom. The summed E-state index contributed by atoms with van der Waals surface area (Å²) in [5.74, 6) is -1.92. The average Bonchev–Trinajstić information content (AvgIpc) is 2.40. The van der Waals surface area contributed by atoms with Crippen LogP contribution in [0.15, 0.2) is 38.4 Å². The molecule has 0 aliphatic heterocycles. The molecule has 1 aromatic heterocycles. The van der Waals surface area contributed by atoms with Gasteiger partial charge in [-0.05, 0) is 30.5 Å². The predicted octanol–water partition coefficient (Wildman–Crippen LogP) is 3.18. The second-order valence-corrected chi connectivity index (χ2v) is 4.43. The van der Waals surface area contributed by atoms with E-state index in [2.05, 4.69) is 0 Å². The van der Waals surface area contributed by atoms with Gasteiger partial charge in [-0.2, -0.15) is 5.26 Å². The highest BCUT2D eigenvalue weighted by atomic mass is 32.2. The van der Waals surface area contributed by atoms with E-state index < -0.39 is 17.3 Å². The van der Waals surface area contributed by atoms with Crippen LogP contribution in [0.5, 0.6) is 0 Å². The summed E-state index contributed by atoms with van der Waals surface area (Å²) >= 11 is 1.20. The van der Waals surface area contributed by atoms with E-state index in [9.17, 15) is 13.6 Å². The lowest BCUT2D eigenvalue weighted by Gasteiger charge is -2.04. The Balaban J connectivity index is 2.64. The molecule has 0 spiro atoms. The third-order valence-corrected chi connectivity index (χ3v) is 3.21. The number of hydrogen-bond donors (Lipinski definition) is 0. The van der Waals surface area contributed by atoms with E-state index in [1.54, 1.807) is 12.3 Å². The van der Waals surface area contributed by atoms with Gasteiger partial charge in [-0.3, -0.25) is 0 Å². The second-order valence-electron chi connectivity index (χ2n) is 3.58. The largest absolute Gasteiger partial charge is 0.422 e. The fraction of sp³-hybridized carbons (Fsp3) is 0.0769. The molecule has 0 amide bonds. The van der Waals surface area contributed by atoms with Gasteiger partial charge in [0, 0.05) is 10.5 Å². The van der Waals surface area contributed by atoms with E-state index >= 15 is 0 Å². The van der Waals surface area contributed by atoms with Crippen LogP contribution in [-0.4, -0.2) is 6.26 Å². The quantitative estimate of drug-likeness (QED) is 0.792. The Labute approximate surface area is 111 Å². The Bertz CT molecular complexity index is 734. The summed E-state index contributed by atoms with van der Waals surface area (Å²) in [4.78, 5) is 12.0. The molecule has 0 aliphatic carbocycles. The standard InChI is InChI=1S/C13H7F2NO2S/c1-19-12-5-11(18-13(17)8(12)6-16)7-2-3-9(14)10(15)4-7/h2-5H,1H3. The van der Waals surface area contributed by atoms with E-state index in [0.717, 1.165) is 12.1 Å². The van der Waals surface area contributed by atoms with Gasteiger partial charge in [0.25, 0.3) is 0 Å². The maximum absolute atomic E-state index is 13.1. The average molecular weight is 279 g/mol. The second kappa shape index (κ2) is 5.24. The van der Waals surface area contributed by atoms with Gasteiger partial charge in [-0.1, -0.05) is 0 Å². The highest BCUT2D eigenvalue weighted by molar-refractivity contribution is 7.98. The van der Waals surface area contributed by atoms with Crippen LogP contribution in [0, 0.1) is 23.0 Å². The third kappa shape index (κ3) is 2.51. The van der Waals surface area contributed by atoms with Gasteiger partial charge in [-0.25, -0.2) is 13.6 Å². The van der Waals surface area contributed by atoms with E-state index in [-0.39, 0.29) is 16.9 Å². The van der Waals surface area contributed by atoms with E-state index in [0.29, 0.717) is 4.90 Å². The van der Waals surface area contributed by atoms with Crippen molar-refractivity contribution in [1.29, 1.82) is 5.26 Å². The molecule has 0 saturated carbocycles. The molecule has 0 N–H and O–H groups in total. The lowest BCUT2D eigenvalue weighted by atomic mass is 10.1. The zero-order valence-electron chi connectivity index (χ0n) is 9.74. The molecule has 0 atom stereocenters. The molecule has 0 unspecified atom stereocenters. The summed E-state index contributed by atoms with van der Waals surface area (Å²) < 4.78 is 30.9. The number of nitrogens with zero attached hydrogens (tertiary/aromatic N) is 1. The van der Waals surface area contributed by atoms with Crippen LogP contribution in [0.3, 0.4) is 0 Å². The van der Waals surface area contributed by atoms with Crippen LogP contribution >= 0.6 is 11.8 Å². The highest BCUT2D eigenvalue weighted by Crippen LogP contribution is 2.26. The van der Waals surface area contributed by atoms with Crippen LogP contribution in [0.25, 0.3) is 11.3 Å². The number of nitriles is 1. The summed E-state index contributed by atoms with van der Waals surface area (Å²) in [5, 5.41) is 8.84. The summed E-state index contributed by atoms with van der Waals surface area (Å²) in [6, 6.07) is 6.39. The monoisotopic (exact) mass is 279 g/mol. The minimum Gasteiger partial charge on any atom is -0.422 e. The number of hydrogen-bond acceptors (Lipinski definition) is 4. The molecule has 0 fully saturated rings. The van der Waals surface area contributed by atoms with Gasteiger partial charge in [0.15, 0.2) is 17.2 Å². The van der Waals surface area contributed by atoms with Gasteiger partial charge in [0.05, 0.1) is 0 Å². The molecule has 1 heterocycles. The number of benzene rings is 1. The van der Waals surface area contributed by atoms with Crippen LogP contribution < -0.4 is 5.63 Å². The molecule has 3 nitrogen and oxygen atoms in total. The maximum atomic E-state index is 13.1. The number of thioether (sulfide) groups is 1. The van der Waals surface area contributed by atoms with E-state index in [1.807, 2.05) is 0 Å². The number of halogens is 2. The molecule has 2 rings (SSSR count). The van der Waals surface area contributed by atoms with Crippen molar-refractivity contribution >= 4 is 11.8 Å². The van der Waals surface area contributed by atoms with Gasteiger partial charge in [0.1, 0.15) is 11.8 Å². The van der Waals surface area contributed by atoms with Gasteiger partial charge >= 0.3 is 5.63 Å². The normalized spacial score (nSPS) is 10.2. The number of rotatable bonds is 2.